The molecule has 0 aliphatic carbocycles. The molecule has 3 N–H and O–H groups in total. The summed E-state index contributed by atoms with van der Waals surface area (Å²) in [6, 6.07) is 6.93. The summed E-state index contributed by atoms with van der Waals surface area (Å²) in [5.74, 6) is -0.685. The van der Waals surface area contributed by atoms with Gasteiger partial charge in [-0.15, -0.1) is 4.83 Å². The summed E-state index contributed by atoms with van der Waals surface area (Å²) >= 11 is 0. The average molecular weight is 465 g/mol. The van der Waals surface area contributed by atoms with Gasteiger partial charge in [0.1, 0.15) is 0 Å². The number of benzene rings is 2. The highest BCUT2D eigenvalue weighted by Gasteiger charge is 2.22. The Kier molecular flexibility index (Phi) is 8.23. The normalized spacial score (nSPS) is 11.3. The van der Waals surface area contributed by atoms with Crippen molar-refractivity contribution in [3.8, 4) is 11.5 Å². The molecule has 0 aliphatic heterocycles. The third kappa shape index (κ3) is 6.21. The Bertz CT molecular complexity index is 1110. The third-order valence-corrected chi connectivity index (χ3v) is 6.21. The smallest absolute Gasteiger partial charge is 0.335 e. The van der Waals surface area contributed by atoms with E-state index in [1.165, 1.54) is 25.3 Å². The Labute approximate surface area is 187 Å². The van der Waals surface area contributed by atoms with Crippen LogP contribution < -0.4 is 19.7 Å². The zero-order valence-corrected chi connectivity index (χ0v) is 19.5. The van der Waals surface area contributed by atoms with Crippen LogP contribution in [0.3, 0.4) is 0 Å². The van der Waals surface area contributed by atoms with E-state index in [9.17, 15) is 23.1 Å². The number of sulfonamides is 1. The number of hydrazine groups is 1. The molecule has 1 amide bonds. The number of aromatic carboxylic acids is 1. The first-order chi connectivity index (χ1) is 15.0. The first-order valence-corrected chi connectivity index (χ1v) is 11.4. The lowest BCUT2D eigenvalue weighted by Crippen LogP contribution is -2.41. The number of ether oxygens (including phenoxy) is 2. The van der Waals surface area contributed by atoms with Crippen molar-refractivity contribution in [2.45, 2.75) is 39.0 Å². The minimum Gasteiger partial charge on any atom is -0.493 e. The molecule has 0 spiro atoms. The summed E-state index contributed by atoms with van der Waals surface area (Å²) in [6.07, 6.45) is 0.856. The maximum absolute atomic E-state index is 12.7. The number of nitrogens with one attached hydrogen (secondary N) is 2. The lowest BCUT2D eigenvalue weighted by Gasteiger charge is -2.14. The average Bonchev–Trinajstić information content (AvgIpc) is 2.73. The van der Waals surface area contributed by atoms with Gasteiger partial charge in [0.25, 0.3) is 15.9 Å². The van der Waals surface area contributed by atoms with Crippen molar-refractivity contribution in [2.24, 2.45) is 5.92 Å². The summed E-state index contributed by atoms with van der Waals surface area (Å²) < 4.78 is 36.4. The molecule has 2 aromatic carbocycles. The Morgan fingerprint density at radius 2 is 1.75 bits per heavy atom. The molecule has 10 heteroatoms. The van der Waals surface area contributed by atoms with Crippen molar-refractivity contribution >= 4 is 21.9 Å². The lowest BCUT2D eigenvalue weighted by atomic mass is 10.1. The second-order valence-electron chi connectivity index (χ2n) is 7.68. The Balaban J connectivity index is 2.17. The molecule has 174 valence electrons. The standard InChI is InChI=1S/C22H28N2O7S/c1-13(2)8-9-31-18-7-6-16(11-19(18)30-5)21(25)23-24-32(28,29)20-12-17(22(26)27)10-14(3)15(20)4/h6-7,10-13,24H,8-9H2,1-5H3,(H,23,25)(H,26,27). The van der Waals surface area contributed by atoms with Gasteiger partial charge in [-0.1, -0.05) is 13.8 Å². The van der Waals surface area contributed by atoms with Crippen LogP contribution in [0.1, 0.15) is 52.1 Å². The highest BCUT2D eigenvalue weighted by Crippen LogP contribution is 2.28. The zero-order valence-electron chi connectivity index (χ0n) is 18.7. The first kappa shape index (κ1) is 25.2. The molecule has 0 radical (unpaired) electrons. The molecule has 0 unspecified atom stereocenters. The molecular formula is C22H28N2O7S. The summed E-state index contributed by atoms with van der Waals surface area (Å²) in [7, 11) is -2.78. The van der Waals surface area contributed by atoms with Crippen LogP contribution in [-0.4, -0.2) is 39.1 Å². The van der Waals surface area contributed by atoms with Crippen LogP contribution in [0, 0.1) is 19.8 Å². The highest BCUT2D eigenvalue weighted by molar-refractivity contribution is 7.89. The molecule has 0 aromatic heterocycles. The van der Waals surface area contributed by atoms with Gasteiger partial charge in [0, 0.05) is 5.56 Å². The number of carboxylic acids is 1. The minimum atomic E-state index is -4.22. The molecule has 0 bridgehead atoms. The summed E-state index contributed by atoms with van der Waals surface area (Å²) in [4.78, 5) is 25.6. The number of aryl methyl sites for hydroxylation is 1. The molecule has 0 saturated heterocycles. The Morgan fingerprint density at radius 1 is 1.06 bits per heavy atom. The van der Waals surface area contributed by atoms with E-state index in [1.54, 1.807) is 19.9 Å². The number of rotatable bonds is 10. The van der Waals surface area contributed by atoms with E-state index >= 15 is 0 Å². The predicted octanol–water partition coefficient (Wildman–Crippen LogP) is 3.06. The number of carbonyl (C=O) groups excluding carboxylic acids is 1. The Morgan fingerprint density at radius 3 is 2.34 bits per heavy atom. The third-order valence-electron chi connectivity index (χ3n) is 4.83. The van der Waals surface area contributed by atoms with E-state index in [0.717, 1.165) is 12.5 Å². The molecule has 9 nitrogen and oxygen atoms in total. The summed E-state index contributed by atoms with van der Waals surface area (Å²) in [6.45, 7) is 7.82. The van der Waals surface area contributed by atoms with E-state index in [0.29, 0.717) is 35.2 Å². The number of methoxy groups -OCH3 is 1. The summed E-state index contributed by atoms with van der Waals surface area (Å²) in [5, 5.41) is 9.20. The van der Waals surface area contributed by atoms with Crippen LogP contribution in [0.5, 0.6) is 11.5 Å². The van der Waals surface area contributed by atoms with Gasteiger partial charge in [0.15, 0.2) is 11.5 Å². The number of hydrogen-bond acceptors (Lipinski definition) is 6. The van der Waals surface area contributed by atoms with Gasteiger partial charge in [-0.05, 0) is 67.6 Å². The fraction of sp³-hybridized carbons (Fsp3) is 0.364. The van der Waals surface area contributed by atoms with E-state index in [4.69, 9.17) is 9.47 Å². The van der Waals surface area contributed by atoms with Gasteiger partial charge in [-0.2, -0.15) is 0 Å². The fourth-order valence-corrected chi connectivity index (χ4v) is 3.99. The SMILES string of the molecule is COc1cc(C(=O)NNS(=O)(=O)c2cc(C(=O)O)cc(C)c2C)ccc1OCCC(C)C. The number of carbonyl (C=O) groups is 2. The van der Waals surface area contributed by atoms with Crippen molar-refractivity contribution < 1.29 is 32.6 Å². The minimum absolute atomic E-state index is 0.146. The van der Waals surface area contributed by atoms with Gasteiger partial charge in [0.2, 0.25) is 0 Å². The van der Waals surface area contributed by atoms with Crippen LogP contribution in [0.15, 0.2) is 35.2 Å². The molecule has 32 heavy (non-hydrogen) atoms. The van der Waals surface area contributed by atoms with Crippen molar-refractivity contribution in [2.75, 3.05) is 13.7 Å². The van der Waals surface area contributed by atoms with Crippen molar-refractivity contribution in [3.63, 3.8) is 0 Å². The van der Waals surface area contributed by atoms with Gasteiger partial charge in [-0.3, -0.25) is 10.2 Å². The van der Waals surface area contributed by atoms with Crippen LogP contribution in [0.4, 0.5) is 0 Å². The van der Waals surface area contributed by atoms with Crippen LogP contribution in [-0.2, 0) is 10.0 Å². The van der Waals surface area contributed by atoms with Crippen LogP contribution in [0.2, 0.25) is 0 Å². The second kappa shape index (κ2) is 10.5. The Hall–Kier alpha value is -3.11. The van der Waals surface area contributed by atoms with Crippen LogP contribution >= 0.6 is 0 Å². The van der Waals surface area contributed by atoms with Gasteiger partial charge in [-0.25, -0.2) is 13.2 Å². The van der Waals surface area contributed by atoms with Crippen molar-refractivity contribution in [3.05, 3.63) is 52.6 Å². The van der Waals surface area contributed by atoms with Crippen molar-refractivity contribution in [1.29, 1.82) is 0 Å². The fourth-order valence-electron chi connectivity index (χ4n) is 2.80. The van der Waals surface area contributed by atoms with E-state index in [2.05, 4.69) is 19.3 Å². The predicted molar refractivity (Wildman–Crippen MR) is 119 cm³/mol. The monoisotopic (exact) mass is 464 g/mol. The molecule has 0 fully saturated rings. The number of amides is 1. The molecule has 0 aliphatic rings. The quantitative estimate of drug-likeness (QED) is 0.461. The highest BCUT2D eigenvalue weighted by atomic mass is 32.2. The number of carboxylic acid groups (broad SMARTS) is 1. The molecule has 0 saturated carbocycles. The zero-order chi connectivity index (χ0) is 24.1. The number of hydrogen-bond donors (Lipinski definition) is 3. The maximum atomic E-state index is 12.7. The molecular weight excluding hydrogens is 436 g/mol. The molecule has 0 heterocycles. The topological polar surface area (TPSA) is 131 Å². The molecule has 2 rings (SSSR count). The van der Waals surface area contributed by atoms with E-state index in [-0.39, 0.29) is 16.0 Å². The molecule has 0 atom stereocenters. The maximum Gasteiger partial charge on any atom is 0.335 e. The van der Waals surface area contributed by atoms with E-state index in [1.807, 2.05) is 4.83 Å². The summed E-state index contributed by atoms with van der Waals surface area (Å²) in [5.41, 5.74) is 2.99. The van der Waals surface area contributed by atoms with Gasteiger partial charge < -0.3 is 14.6 Å². The largest absolute Gasteiger partial charge is 0.493 e. The lowest BCUT2D eigenvalue weighted by molar-refractivity contribution is 0.0696. The first-order valence-electron chi connectivity index (χ1n) is 9.93. The van der Waals surface area contributed by atoms with Crippen LogP contribution in [0.25, 0.3) is 0 Å². The van der Waals surface area contributed by atoms with Gasteiger partial charge >= 0.3 is 5.97 Å². The molecule has 2 aromatic rings. The van der Waals surface area contributed by atoms with E-state index < -0.39 is 21.9 Å². The van der Waals surface area contributed by atoms with Crippen molar-refractivity contribution in [1.82, 2.24) is 10.3 Å². The van der Waals surface area contributed by atoms with Gasteiger partial charge in [0.05, 0.1) is 24.2 Å². The second-order valence-corrected chi connectivity index (χ2v) is 9.33.